The zero-order chi connectivity index (χ0) is 16.1. The van der Waals surface area contributed by atoms with Gasteiger partial charge in [0.25, 0.3) is 0 Å². The SMILES string of the molecule is CSC(Nc1ccc(F)cc1)=C(C#N)C(=O)c1ccoc1C. The Hall–Kier alpha value is -2.52. The van der Waals surface area contributed by atoms with Crippen molar-refractivity contribution < 1.29 is 13.6 Å². The molecule has 112 valence electrons. The Morgan fingerprint density at radius 2 is 2.00 bits per heavy atom. The quantitative estimate of drug-likeness (QED) is 0.510. The van der Waals surface area contributed by atoms with Crippen molar-refractivity contribution in [3.8, 4) is 6.07 Å². The summed E-state index contributed by atoms with van der Waals surface area (Å²) in [4.78, 5) is 12.4. The first kappa shape index (κ1) is 15.9. The number of benzene rings is 1. The largest absolute Gasteiger partial charge is 0.469 e. The molecule has 0 saturated heterocycles. The number of nitrogens with zero attached hydrogens (tertiary/aromatic N) is 1. The first-order valence-corrected chi connectivity index (χ1v) is 7.59. The minimum atomic E-state index is -0.410. The summed E-state index contributed by atoms with van der Waals surface area (Å²) in [5.41, 5.74) is 0.931. The van der Waals surface area contributed by atoms with Crippen molar-refractivity contribution in [1.82, 2.24) is 0 Å². The Morgan fingerprint density at radius 3 is 2.50 bits per heavy atom. The molecule has 2 rings (SSSR count). The summed E-state index contributed by atoms with van der Waals surface area (Å²) in [6.07, 6.45) is 3.16. The predicted molar refractivity (Wildman–Crippen MR) is 84.0 cm³/mol. The highest BCUT2D eigenvalue weighted by Gasteiger charge is 2.20. The molecule has 0 spiro atoms. The van der Waals surface area contributed by atoms with Gasteiger partial charge in [0, 0.05) is 5.69 Å². The van der Waals surface area contributed by atoms with E-state index in [9.17, 15) is 14.4 Å². The molecule has 2 aromatic rings. The van der Waals surface area contributed by atoms with Crippen LogP contribution in [0.3, 0.4) is 0 Å². The molecule has 0 fully saturated rings. The molecule has 0 radical (unpaired) electrons. The van der Waals surface area contributed by atoms with E-state index in [0.717, 1.165) is 0 Å². The van der Waals surface area contributed by atoms with Gasteiger partial charge in [-0.15, -0.1) is 11.8 Å². The Kier molecular flexibility index (Phi) is 5.02. The van der Waals surface area contributed by atoms with Gasteiger partial charge in [-0.1, -0.05) is 0 Å². The van der Waals surface area contributed by atoms with E-state index in [1.54, 1.807) is 13.2 Å². The van der Waals surface area contributed by atoms with Crippen LogP contribution in [0, 0.1) is 24.1 Å². The number of rotatable bonds is 5. The van der Waals surface area contributed by atoms with Gasteiger partial charge in [-0.2, -0.15) is 5.26 Å². The van der Waals surface area contributed by atoms with Gasteiger partial charge in [-0.3, -0.25) is 4.79 Å². The van der Waals surface area contributed by atoms with E-state index >= 15 is 0 Å². The number of nitriles is 1. The van der Waals surface area contributed by atoms with E-state index in [4.69, 9.17) is 4.42 Å². The van der Waals surface area contributed by atoms with E-state index in [2.05, 4.69) is 5.32 Å². The second-order valence-electron chi connectivity index (χ2n) is 4.37. The molecule has 6 heteroatoms. The molecule has 0 bridgehead atoms. The zero-order valence-electron chi connectivity index (χ0n) is 12.0. The van der Waals surface area contributed by atoms with Crippen molar-refractivity contribution >= 4 is 23.2 Å². The van der Waals surface area contributed by atoms with Crippen LogP contribution in [0.5, 0.6) is 0 Å². The number of hydrogen-bond acceptors (Lipinski definition) is 5. The number of anilines is 1. The molecule has 0 atom stereocenters. The number of hydrogen-bond donors (Lipinski definition) is 1. The minimum Gasteiger partial charge on any atom is -0.469 e. The maximum Gasteiger partial charge on any atom is 0.209 e. The van der Waals surface area contributed by atoms with E-state index in [0.29, 0.717) is 22.0 Å². The number of carbonyl (C=O) groups excluding carboxylic acids is 1. The number of allylic oxidation sites excluding steroid dienone is 1. The summed E-state index contributed by atoms with van der Waals surface area (Å²) < 4.78 is 18.0. The lowest BCUT2D eigenvalue weighted by Gasteiger charge is -2.10. The molecule has 0 aliphatic carbocycles. The number of furan rings is 1. The van der Waals surface area contributed by atoms with Crippen molar-refractivity contribution in [2.24, 2.45) is 0 Å². The van der Waals surface area contributed by atoms with E-state index in [1.165, 1.54) is 48.4 Å². The van der Waals surface area contributed by atoms with Crippen LogP contribution in [0.15, 0.2) is 51.6 Å². The summed E-state index contributed by atoms with van der Waals surface area (Å²) >= 11 is 1.23. The number of aryl methyl sites for hydroxylation is 1. The van der Waals surface area contributed by atoms with Crippen LogP contribution in [0.1, 0.15) is 16.1 Å². The number of thioether (sulfide) groups is 1. The summed E-state index contributed by atoms with van der Waals surface area (Å²) in [6, 6.07) is 9.14. The normalized spacial score (nSPS) is 11.5. The Labute approximate surface area is 131 Å². The van der Waals surface area contributed by atoms with Crippen LogP contribution in [0.4, 0.5) is 10.1 Å². The lowest BCUT2D eigenvalue weighted by atomic mass is 10.1. The average molecular weight is 316 g/mol. The maximum atomic E-state index is 12.9. The van der Waals surface area contributed by atoms with Crippen LogP contribution < -0.4 is 5.32 Å². The minimum absolute atomic E-state index is 0.0127. The van der Waals surface area contributed by atoms with Crippen molar-refractivity contribution in [2.45, 2.75) is 6.92 Å². The van der Waals surface area contributed by atoms with Crippen molar-refractivity contribution in [1.29, 1.82) is 5.26 Å². The Bertz CT molecular complexity index is 757. The summed E-state index contributed by atoms with van der Waals surface area (Å²) in [5, 5.41) is 12.7. The summed E-state index contributed by atoms with van der Waals surface area (Å²) in [6.45, 7) is 1.66. The molecule has 0 unspecified atom stereocenters. The fourth-order valence-corrected chi connectivity index (χ4v) is 2.40. The monoisotopic (exact) mass is 316 g/mol. The zero-order valence-corrected chi connectivity index (χ0v) is 12.8. The fourth-order valence-electron chi connectivity index (χ4n) is 1.84. The molecular formula is C16H13FN2O2S. The van der Waals surface area contributed by atoms with Crippen LogP contribution in [-0.2, 0) is 0 Å². The first-order chi connectivity index (χ1) is 10.6. The molecule has 1 N–H and O–H groups in total. The Balaban J connectivity index is 2.37. The van der Waals surface area contributed by atoms with Crippen molar-refractivity contribution in [3.05, 3.63) is 64.3 Å². The summed E-state index contributed by atoms with van der Waals surface area (Å²) in [7, 11) is 0. The van der Waals surface area contributed by atoms with E-state index in [1.807, 2.05) is 6.07 Å². The topological polar surface area (TPSA) is 66.0 Å². The highest BCUT2D eigenvalue weighted by Crippen LogP contribution is 2.24. The second-order valence-corrected chi connectivity index (χ2v) is 5.19. The predicted octanol–water partition coefficient (Wildman–Crippen LogP) is 4.12. The van der Waals surface area contributed by atoms with Gasteiger partial charge in [0.2, 0.25) is 5.78 Å². The fraction of sp³-hybridized carbons (Fsp3) is 0.125. The molecule has 0 amide bonds. The number of Topliss-reactive ketones (excluding diaryl/α,β-unsaturated/α-hetero) is 1. The lowest BCUT2D eigenvalue weighted by Crippen LogP contribution is -2.09. The van der Waals surface area contributed by atoms with Gasteiger partial charge in [-0.05, 0) is 43.5 Å². The van der Waals surface area contributed by atoms with Crippen molar-refractivity contribution in [2.75, 3.05) is 11.6 Å². The third-order valence-corrected chi connectivity index (χ3v) is 3.69. The lowest BCUT2D eigenvalue weighted by molar-refractivity contribution is 0.103. The van der Waals surface area contributed by atoms with Crippen LogP contribution in [-0.4, -0.2) is 12.0 Å². The number of halogens is 1. The van der Waals surface area contributed by atoms with Crippen molar-refractivity contribution in [3.63, 3.8) is 0 Å². The van der Waals surface area contributed by atoms with Gasteiger partial charge in [0.05, 0.1) is 16.9 Å². The maximum absolute atomic E-state index is 12.9. The molecule has 0 aliphatic rings. The van der Waals surface area contributed by atoms with Gasteiger partial charge < -0.3 is 9.73 Å². The Morgan fingerprint density at radius 1 is 1.32 bits per heavy atom. The standard InChI is InChI=1S/C16H13FN2O2S/c1-10-13(7-8-21-10)15(20)14(9-18)16(22-2)19-12-5-3-11(17)4-6-12/h3-8,19H,1-2H3. The molecule has 1 aromatic heterocycles. The summed E-state index contributed by atoms with van der Waals surface area (Å²) in [5.74, 6) is -0.307. The highest BCUT2D eigenvalue weighted by atomic mass is 32.2. The van der Waals surface area contributed by atoms with Crippen LogP contribution in [0.25, 0.3) is 0 Å². The second kappa shape index (κ2) is 6.96. The average Bonchev–Trinajstić information content (AvgIpc) is 2.95. The first-order valence-electron chi connectivity index (χ1n) is 6.36. The number of ketones is 1. The van der Waals surface area contributed by atoms with E-state index in [-0.39, 0.29) is 11.4 Å². The molecule has 0 aliphatic heterocycles. The smallest absolute Gasteiger partial charge is 0.209 e. The third kappa shape index (κ3) is 3.38. The van der Waals surface area contributed by atoms with Gasteiger partial charge in [-0.25, -0.2) is 4.39 Å². The number of nitrogens with one attached hydrogen (secondary N) is 1. The molecular weight excluding hydrogens is 303 g/mol. The third-order valence-electron chi connectivity index (χ3n) is 2.98. The van der Waals surface area contributed by atoms with Gasteiger partial charge >= 0.3 is 0 Å². The highest BCUT2D eigenvalue weighted by molar-refractivity contribution is 8.02. The molecule has 1 heterocycles. The van der Waals surface area contributed by atoms with Gasteiger partial charge in [0.1, 0.15) is 23.2 Å². The van der Waals surface area contributed by atoms with Gasteiger partial charge in [0.15, 0.2) is 0 Å². The van der Waals surface area contributed by atoms with Crippen LogP contribution >= 0.6 is 11.8 Å². The molecule has 22 heavy (non-hydrogen) atoms. The number of carbonyl (C=O) groups is 1. The molecule has 0 saturated carbocycles. The molecule has 4 nitrogen and oxygen atoms in total. The van der Waals surface area contributed by atoms with Crippen LogP contribution in [0.2, 0.25) is 0 Å². The molecule has 1 aromatic carbocycles. The van der Waals surface area contributed by atoms with E-state index < -0.39 is 5.78 Å².